The number of thiophene rings is 1. The second-order valence-electron chi connectivity index (χ2n) is 5.11. The Morgan fingerprint density at radius 2 is 2.27 bits per heavy atom. The average Bonchev–Trinajstić information content (AvgIpc) is 3.23. The zero-order valence-corrected chi connectivity index (χ0v) is 13.8. The number of rotatable bonds is 2. The molecule has 0 fully saturated rings. The fourth-order valence-corrected chi connectivity index (χ4v) is 2.88. The van der Waals surface area contributed by atoms with Gasteiger partial charge in [-0.15, -0.1) is 11.3 Å². The minimum atomic E-state index is -4.45. The van der Waals surface area contributed by atoms with Gasteiger partial charge in [0.2, 0.25) is 5.91 Å². The van der Waals surface area contributed by atoms with E-state index in [1.54, 1.807) is 0 Å². The van der Waals surface area contributed by atoms with Crippen molar-refractivity contribution in [1.82, 2.24) is 9.55 Å². The maximum absolute atomic E-state index is 12.7. The van der Waals surface area contributed by atoms with Crippen molar-refractivity contribution in [2.24, 2.45) is 6.98 Å². The number of hydrogen-bond acceptors (Lipinski definition) is 3. The summed E-state index contributed by atoms with van der Waals surface area (Å²) in [6.45, 7) is 0.805. The normalized spacial score (nSPS) is 13.3. The number of aryl methyl sites for hydroxylation is 1. The molecule has 0 aliphatic heterocycles. The highest BCUT2D eigenvalue weighted by atomic mass is 32.1. The molecule has 26 heavy (non-hydrogen) atoms. The van der Waals surface area contributed by atoms with E-state index in [1.807, 2.05) is 0 Å². The van der Waals surface area contributed by atoms with E-state index in [4.69, 9.17) is 4.11 Å². The molecule has 0 aliphatic rings. The van der Waals surface area contributed by atoms with Gasteiger partial charge in [-0.25, -0.2) is 4.98 Å². The van der Waals surface area contributed by atoms with Crippen LogP contribution in [0.25, 0.3) is 11.0 Å². The standard InChI is InChI=1S/C18H12F3N3OS/c1-3-16(25)23-12-8-14-11(10-24(2)17(14)22-9-12)4-5-13-6-7-15(26-13)18(19,20)21/h3,6-10H,1H2,2H3,(H,23,25)/i2D3. The lowest BCUT2D eigenvalue weighted by atomic mass is 10.2. The van der Waals surface area contributed by atoms with Crippen molar-refractivity contribution in [2.45, 2.75) is 6.18 Å². The van der Waals surface area contributed by atoms with E-state index >= 15 is 0 Å². The first-order chi connectivity index (χ1) is 13.5. The molecule has 3 heterocycles. The number of amides is 1. The van der Waals surface area contributed by atoms with Gasteiger partial charge in [0.25, 0.3) is 0 Å². The zero-order valence-electron chi connectivity index (χ0n) is 16.0. The summed E-state index contributed by atoms with van der Waals surface area (Å²) in [7, 11) is 0. The van der Waals surface area contributed by atoms with Crippen molar-refractivity contribution in [3.8, 4) is 11.8 Å². The molecule has 0 bridgehead atoms. The van der Waals surface area contributed by atoms with Gasteiger partial charge in [-0.1, -0.05) is 18.4 Å². The van der Waals surface area contributed by atoms with Crippen molar-refractivity contribution >= 4 is 34.0 Å². The smallest absolute Gasteiger partial charge is 0.334 e. The van der Waals surface area contributed by atoms with E-state index < -0.39 is 23.9 Å². The SMILES string of the molecule is [2H]C([2H])([2H])n1cc(C#Cc2ccc(C(F)(F)F)s2)c2cc(NC(=O)C=C)cnc21. The first kappa shape index (κ1) is 14.2. The second kappa shape index (κ2) is 6.69. The third kappa shape index (κ3) is 3.63. The molecule has 0 saturated carbocycles. The maximum atomic E-state index is 12.7. The van der Waals surface area contributed by atoms with Gasteiger partial charge in [0, 0.05) is 22.7 Å². The minimum Gasteiger partial charge on any atom is -0.334 e. The van der Waals surface area contributed by atoms with Crippen LogP contribution in [0.15, 0.2) is 43.2 Å². The molecule has 3 aromatic rings. The number of aromatic nitrogens is 2. The fraction of sp³-hybridized carbons (Fsp3) is 0.111. The van der Waals surface area contributed by atoms with E-state index in [0.717, 1.165) is 16.7 Å². The van der Waals surface area contributed by atoms with Crippen LogP contribution in [0.3, 0.4) is 0 Å². The molecule has 0 aliphatic carbocycles. The highest BCUT2D eigenvalue weighted by Gasteiger charge is 2.32. The Bertz CT molecular complexity index is 1170. The Morgan fingerprint density at radius 1 is 1.46 bits per heavy atom. The number of carbonyl (C=O) groups excluding carboxylic acids is 1. The molecule has 0 spiro atoms. The molecule has 1 amide bonds. The summed E-state index contributed by atoms with van der Waals surface area (Å²) in [4.78, 5) is 15.0. The number of nitrogens with zero attached hydrogens (tertiary/aromatic N) is 2. The summed E-state index contributed by atoms with van der Waals surface area (Å²) in [5.41, 5.74) is 0.651. The molecule has 132 valence electrons. The number of carbonyl (C=O) groups is 1. The van der Waals surface area contributed by atoms with E-state index in [-0.39, 0.29) is 16.1 Å². The Balaban J connectivity index is 2.09. The second-order valence-corrected chi connectivity index (χ2v) is 6.20. The van der Waals surface area contributed by atoms with Crippen LogP contribution in [0.4, 0.5) is 18.9 Å². The number of alkyl halides is 3. The van der Waals surface area contributed by atoms with Crippen LogP contribution in [-0.2, 0) is 17.9 Å². The number of anilines is 1. The molecule has 0 aromatic carbocycles. The van der Waals surface area contributed by atoms with Crippen molar-refractivity contribution in [3.05, 3.63) is 58.6 Å². The van der Waals surface area contributed by atoms with Crippen LogP contribution in [0.5, 0.6) is 0 Å². The van der Waals surface area contributed by atoms with E-state index in [1.165, 1.54) is 24.5 Å². The van der Waals surface area contributed by atoms with Gasteiger partial charge < -0.3 is 9.88 Å². The molecule has 0 unspecified atom stereocenters. The van der Waals surface area contributed by atoms with E-state index in [9.17, 15) is 18.0 Å². The highest BCUT2D eigenvalue weighted by molar-refractivity contribution is 7.12. The Labute approximate surface area is 155 Å². The molecule has 4 nitrogen and oxygen atoms in total. The van der Waals surface area contributed by atoms with E-state index in [2.05, 4.69) is 28.7 Å². The van der Waals surface area contributed by atoms with Crippen molar-refractivity contribution in [1.29, 1.82) is 0 Å². The number of pyridine rings is 1. The first-order valence-electron chi connectivity index (χ1n) is 8.63. The molecule has 1 N–H and O–H groups in total. The predicted octanol–water partition coefficient (Wildman–Crippen LogP) is 4.18. The molecule has 8 heteroatoms. The summed E-state index contributed by atoms with van der Waals surface area (Å²) in [6.07, 6.45) is -0.843. The fourth-order valence-electron chi connectivity index (χ4n) is 2.16. The molecular formula is C18H12F3N3OS. The molecule has 0 atom stereocenters. The van der Waals surface area contributed by atoms with Crippen LogP contribution in [-0.4, -0.2) is 15.5 Å². The van der Waals surface area contributed by atoms with Crippen molar-refractivity contribution in [2.75, 3.05) is 5.32 Å². The molecule has 0 radical (unpaired) electrons. The summed E-state index contributed by atoms with van der Waals surface area (Å²) in [6, 6.07) is 3.67. The molecule has 3 rings (SSSR count). The van der Waals surface area contributed by atoms with E-state index in [0.29, 0.717) is 22.4 Å². The molecule has 3 aromatic heterocycles. The Morgan fingerprint density at radius 3 is 2.92 bits per heavy atom. The number of hydrogen-bond donors (Lipinski definition) is 1. The third-order valence-electron chi connectivity index (χ3n) is 3.30. The number of nitrogens with one attached hydrogen (secondary N) is 1. The molecule has 0 saturated heterocycles. The van der Waals surface area contributed by atoms with Gasteiger partial charge in [0.15, 0.2) is 0 Å². The van der Waals surface area contributed by atoms with Crippen molar-refractivity contribution < 1.29 is 22.1 Å². The molecular weight excluding hydrogens is 363 g/mol. The van der Waals surface area contributed by atoms with Crippen LogP contribution in [0.2, 0.25) is 0 Å². The monoisotopic (exact) mass is 378 g/mol. The van der Waals surface area contributed by atoms with Crippen LogP contribution in [0, 0.1) is 11.8 Å². The summed E-state index contributed by atoms with van der Waals surface area (Å²) in [5.74, 6) is 4.85. The first-order valence-corrected chi connectivity index (χ1v) is 7.95. The predicted molar refractivity (Wildman–Crippen MR) is 94.8 cm³/mol. The lowest BCUT2D eigenvalue weighted by molar-refractivity contribution is -0.134. The van der Waals surface area contributed by atoms with Gasteiger partial charge in [-0.2, -0.15) is 13.2 Å². The zero-order chi connectivity index (χ0) is 21.4. The lowest BCUT2D eigenvalue weighted by Gasteiger charge is -2.02. The Hall–Kier alpha value is -3.05. The summed E-state index contributed by atoms with van der Waals surface area (Å²) >= 11 is 0.491. The lowest BCUT2D eigenvalue weighted by Crippen LogP contribution is -2.07. The van der Waals surface area contributed by atoms with Gasteiger partial charge in [0.05, 0.1) is 22.3 Å². The van der Waals surface area contributed by atoms with Gasteiger partial charge in [0.1, 0.15) is 10.5 Å². The summed E-state index contributed by atoms with van der Waals surface area (Å²) in [5, 5.41) is 2.85. The van der Waals surface area contributed by atoms with Gasteiger partial charge >= 0.3 is 6.18 Å². The summed E-state index contributed by atoms with van der Waals surface area (Å²) < 4.78 is 62.0. The highest BCUT2D eigenvalue weighted by Crippen LogP contribution is 2.34. The van der Waals surface area contributed by atoms with Crippen LogP contribution >= 0.6 is 11.3 Å². The van der Waals surface area contributed by atoms with Crippen molar-refractivity contribution in [3.63, 3.8) is 0 Å². The topological polar surface area (TPSA) is 46.9 Å². The number of halogens is 3. The Kier molecular flexibility index (Phi) is 3.64. The number of fused-ring (bicyclic) bond motifs is 1. The maximum Gasteiger partial charge on any atom is 0.425 e. The van der Waals surface area contributed by atoms with Crippen LogP contribution in [0.1, 0.15) is 19.4 Å². The third-order valence-corrected chi connectivity index (χ3v) is 4.35. The van der Waals surface area contributed by atoms with Crippen LogP contribution < -0.4 is 5.32 Å². The average molecular weight is 378 g/mol. The van der Waals surface area contributed by atoms with Gasteiger partial charge in [-0.05, 0) is 24.3 Å². The largest absolute Gasteiger partial charge is 0.425 e. The minimum absolute atomic E-state index is 0.105. The quantitative estimate of drug-likeness (QED) is 0.537. The van der Waals surface area contributed by atoms with Gasteiger partial charge in [-0.3, -0.25) is 4.79 Å².